The van der Waals surface area contributed by atoms with Gasteiger partial charge in [-0.05, 0) is 46.9 Å². The summed E-state index contributed by atoms with van der Waals surface area (Å²) in [6.45, 7) is 0. The Bertz CT molecular complexity index is 490. The largest absolute Gasteiger partial charge is 0.439 e. The molecule has 82 valence electrons. The molecule has 0 spiro atoms. The summed E-state index contributed by atoms with van der Waals surface area (Å²) in [6.07, 6.45) is 0. The number of ether oxygens (including phenoxy) is 1. The van der Waals surface area contributed by atoms with Gasteiger partial charge in [-0.25, -0.2) is 5.84 Å². The van der Waals surface area contributed by atoms with Gasteiger partial charge in [0.05, 0.1) is 0 Å². The second-order valence-corrected chi connectivity index (χ2v) is 4.31. The van der Waals surface area contributed by atoms with Crippen molar-refractivity contribution in [2.45, 2.75) is 0 Å². The van der Waals surface area contributed by atoms with E-state index < -0.39 is 0 Å². The van der Waals surface area contributed by atoms with Gasteiger partial charge >= 0.3 is 0 Å². The molecule has 5 heteroatoms. The van der Waals surface area contributed by atoms with Crippen molar-refractivity contribution in [3.05, 3.63) is 46.0 Å². The summed E-state index contributed by atoms with van der Waals surface area (Å²) in [7, 11) is 0. The van der Waals surface area contributed by atoms with Gasteiger partial charge in [-0.2, -0.15) is 4.98 Å². The summed E-state index contributed by atoms with van der Waals surface area (Å²) in [6, 6.07) is 13.1. The first-order valence-corrected chi connectivity index (χ1v) is 5.73. The number of hydrogen-bond donors (Lipinski definition) is 2. The zero-order valence-corrected chi connectivity index (χ0v) is 10.5. The minimum atomic E-state index is 0.512. The maximum atomic E-state index is 5.59. The van der Waals surface area contributed by atoms with Crippen LogP contribution in [0, 0.1) is 3.57 Å². The topological polar surface area (TPSA) is 60.2 Å². The van der Waals surface area contributed by atoms with Crippen molar-refractivity contribution in [3.8, 4) is 11.6 Å². The zero-order chi connectivity index (χ0) is 11.4. The highest BCUT2D eigenvalue weighted by atomic mass is 127. The Balaban J connectivity index is 2.20. The number of pyridine rings is 1. The van der Waals surface area contributed by atoms with Crippen molar-refractivity contribution < 1.29 is 4.74 Å². The lowest BCUT2D eigenvalue weighted by atomic mass is 10.3. The summed E-state index contributed by atoms with van der Waals surface area (Å²) >= 11 is 2.23. The molecule has 0 fully saturated rings. The van der Waals surface area contributed by atoms with Crippen molar-refractivity contribution in [1.29, 1.82) is 0 Å². The van der Waals surface area contributed by atoms with Crippen molar-refractivity contribution in [2.24, 2.45) is 5.84 Å². The van der Waals surface area contributed by atoms with E-state index in [4.69, 9.17) is 10.6 Å². The minimum absolute atomic E-state index is 0.512. The quantitative estimate of drug-likeness (QED) is 0.517. The van der Waals surface area contributed by atoms with Gasteiger partial charge in [0.25, 0.3) is 0 Å². The van der Waals surface area contributed by atoms with E-state index in [1.807, 2.05) is 30.3 Å². The molecule has 0 aliphatic carbocycles. The third-order valence-electron chi connectivity index (χ3n) is 1.89. The van der Waals surface area contributed by atoms with Crippen molar-refractivity contribution >= 4 is 28.4 Å². The lowest BCUT2D eigenvalue weighted by molar-refractivity contribution is 0.463. The smallest absolute Gasteiger partial charge is 0.221 e. The molecule has 0 aliphatic rings. The van der Waals surface area contributed by atoms with Crippen LogP contribution in [0.25, 0.3) is 0 Å². The number of anilines is 1. The normalized spacial score (nSPS) is 9.88. The Morgan fingerprint density at radius 3 is 2.75 bits per heavy atom. The molecule has 2 rings (SSSR count). The number of nitrogen functional groups attached to an aromatic ring is 1. The first-order chi connectivity index (χ1) is 7.78. The molecule has 2 aromatic rings. The van der Waals surface area contributed by atoms with E-state index in [1.54, 1.807) is 12.1 Å². The van der Waals surface area contributed by atoms with Gasteiger partial charge in [-0.15, -0.1) is 0 Å². The lowest BCUT2D eigenvalue weighted by Gasteiger charge is -2.06. The van der Waals surface area contributed by atoms with Crippen LogP contribution in [0.5, 0.6) is 11.6 Å². The predicted octanol–water partition coefficient (Wildman–Crippen LogP) is 2.76. The van der Waals surface area contributed by atoms with E-state index in [1.165, 1.54) is 0 Å². The third kappa shape index (κ3) is 2.83. The number of hydrazine groups is 1. The average molecular weight is 327 g/mol. The fraction of sp³-hybridized carbons (Fsp3) is 0. The molecule has 1 heterocycles. The molecule has 0 radical (unpaired) electrons. The maximum Gasteiger partial charge on any atom is 0.221 e. The highest BCUT2D eigenvalue weighted by Crippen LogP contribution is 2.21. The Labute approximate surface area is 107 Å². The molecule has 0 amide bonds. The number of hydrogen-bond acceptors (Lipinski definition) is 4. The Kier molecular flexibility index (Phi) is 3.58. The van der Waals surface area contributed by atoms with Crippen LogP contribution in [0.1, 0.15) is 0 Å². The van der Waals surface area contributed by atoms with Crippen LogP contribution in [0.15, 0.2) is 42.5 Å². The van der Waals surface area contributed by atoms with Gasteiger partial charge in [-0.3, -0.25) is 0 Å². The van der Waals surface area contributed by atoms with Crippen LogP contribution in [0.3, 0.4) is 0 Å². The summed E-state index contributed by atoms with van der Waals surface area (Å²) in [5, 5.41) is 0. The van der Waals surface area contributed by atoms with E-state index >= 15 is 0 Å². The first kappa shape index (κ1) is 11.2. The molecule has 0 saturated carbocycles. The van der Waals surface area contributed by atoms with Crippen LogP contribution in [0.2, 0.25) is 0 Å². The van der Waals surface area contributed by atoms with E-state index in [0.29, 0.717) is 11.7 Å². The molecular formula is C11H10IN3O. The first-order valence-electron chi connectivity index (χ1n) is 4.65. The van der Waals surface area contributed by atoms with Gasteiger partial charge in [-0.1, -0.05) is 12.1 Å². The van der Waals surface area contributed by atoms with Crippen molar-refractivity contribution in [3.63, 3.8) is 0 Å². The fourth-order valence-electron chi connectivity index (χ4n) is 1.20. The minimum Gasteiger partial charge on any atom is -0.439 e. The second-order valence-electron chi connectivity index (χ2n) is 3.06. The Hall–Kier alpha value is -1.34. The van der Waals surface area contributed by atoms with Crippen molar-refractivity contribution in [2.75, 3.05) is 5.43 Å². The molecule has 0 aliphatic heterocycles. The van der Waals surface area contributed by atoms with Gasteiger partial charge < -0.3 is 10.2 Å². The fourth-order valence-corrected chi connectivity index (χ4v) is 1.72. The number of nitrogens with two attached hydrogens (primary N) is 1. The van der Waals surface area contributed by atoms with Crippen LogP contribution >= 0.6 is 22.6 Å². The molecule has 0 saturated heterocycles. The predicted molar refractivity (Wildman–Crippen MR) is 71.3 cm³/mol. The SMILES string of the molecule is NNc1cccc(Oc2cccc(I)c2)n1. The molecule has 1 aromatic carbocycles. The van der Waals surface area contributed by atoms with Crippen LogP contribution < -0.4 is 16.0 Å². The number of nitrogens with one attached hydrogen (secondary N) is 1. The highest BCUT2D eigenvalue weighted by Gasteiger charge is 2.00. The highest BCUT2D eigenvalue weighted by molar-refractivity contribution is 14.1. The molecule has 4 nitrogen and oxygen atoms in total. The Morgan fingerprint density at radius 2 is 2.00 bits per heavy atom. The van der Waals surface area contributed by atoms with Crippen LogP contribution in [-0.2, 0) is 0 Å². The summed E-state index contributed by atoms with van der Waals surface area (Å²) in [5.74, 6) is 7.11. The summed E-state index contributed by atoms with van der Waals surface area (Å²) < 4.78 is 6.70. The number of aromatic nitrogens is 1. The zero-order valence-electron chi connectivity index (χ0n) is 8.35. The van der Waals surface area contributed by atoms with E-state index in [2.05, 4.69) is 33.0 Å². The van der Waals surface area contributed by atoms with E-state index in [-0.39, 0.29) is 0 Å². The van der Waals surface area contributed by atoms with Crippen LogP contribution in [0.4, 0.5) is 5.82 Å². The number of rotatable bonds is 3. The molecular weight excluding hydrogens is 317 g/mol. The molecule has 0 bridgehead atoms. The second kappa shape index (κ2) is 5.13. The third-order valence-corrected chi connectivity index (χ3v) is 2.56. The molecule has 0 atom stereocenters. The molecule has 3 N–H and O–H groups in total. The number of benzene rings is 1. The van der Waals surface area contributed by atoms with Crippen LogP contribution in [-0.4, -0.2) is 4.98 Å². The van der Waals surface area contributed by atoms with E-state index in [0.717, 1.165) is 9.32 Å². The summed E-state index contributed by atoms with van der Waals surface area (Å²) in [4.78, 5) is 4.16. The van der Waals surface area contributed by atoms with E-state index in [9.17, 15) is 0 Å². The monoisotopic (exact) mass is 327 g/mol. The van der Waals surface area contributed by atoms with Crippen molar-refractivity contribution in [1.82, 2.24) is 4.98 Å². The Morgan fingerprint density at radius 1 is 1.19 bits per heavy atom. The maximum absolute atomic E-state index is 5.59. The molecule has 1 aromatic heterocycles. The lowest BCUT2D eigenvalue weighted by Crippen LogP contribution is -2.08. The summed E-state index contributed by atoms with van der Waals surface area (Å²) in [5.41, 5.74) is 2.47. The average Bonchev–Trinajstić information content (AvgIpc) is 2.29. The van der Waals surface area contributed by atoms with Gasteiger partial charge in [0.2, 0.25) is 5.88 Å². The number of halogens is 1. The van der Waals surface area contributed by atoms with Gasteiger partial charge in [0.1, 0.15) is 11.6 Å². The number of nitrogens with zero attached hydrogens (tertiary/aromatic N) is 1. The molecule has 16 heavy (non-hydrogen) atoms. The van der Waals surface area contributed by atoms with Gasteiger partial charge in [0.15, 0.2) is 0 Å². The van der Waals surface area contributed by atoms with Gasteiger partial charge in [0, 0.05) is 9.64 Å². The standard InChI is InChI=1S/C11H10IN3O/c12-8-3-1-4-9(7-8)16-11-6-2-5-10(14-11)15-13/h1-7H,13H2,(H,14,15). The molecule has 0 unspecified atom stereocenters.